The van der Waals surface area contributed by atoms with Crippen LogP contribution in [0.3, 0.4) is 0 Å². The highest BCUT2D eigenvalue weighted by atomic mass is 35.5. The summed E-state index contributed by atoms with van der Waals surface area (Å²) in [5.41, 5.74) is 7.47. The maximum absolute atomic E-state index is 9.01. The van der Waals surface area contributed by atoms with Gasteiger partial charge >= 0.3 is 0 Å². The highest BCUT2D eigenvalue weighted by Crippen LogP contribution is 2.34. The molecule has 0 radical (unpaired) electrons. The van der Waals surface area contributed by atoms with Crippen LogP contribution >= 0.6 is 11.6 Å². The van der Waals surface area contributed by atoms with Crippen molar-refractivity contribution in [1.29, 1.82) is 0 Å². The van der Waals surface area contributed by atoms with Crippen LogP contribution in [-0.2, 0) is 4.74 Å². The molecule has 114 valence electrons. The van der Waals surface area contributed by atoms with E-state index < -0.39 is 0 Å². The topological polar surface area (TPSA) is 71.1 Å². The number of hydrogen-bond acceptors (Lipinski definition) is 4. The predicted octanol–water partition coefficient (Wildman–Crippen LogP) is 2.58. The van der Waals surface area contributed by atoms with Crippen LogP contribution < -0.4 is 10.6 Å². The first-order valence-corrected chi connectivity index (χ1v) is 7.74. The molecule has 1 heterocycles. The number of oxime groups is 1. The fourth-order valence-electron chi connectivity index (χ4n) is 3.41. The molecule has 1 aliphatic carbocycles. The van der Waals surface area contributed by atoms with Crippen molar-refractivity contribution in [2.75, 3.05) is 18.1 Å². The van der Waals surface area contributed by atoms with E-state index in [2.05, 4.69) is 10.1 Å². The van der Waals surface area contributed by atoms with E-state index >= 15 is 0 Å². The Balaban J connectivity index is 1.98. The molecular weight excluding hydrogens is 290 g/mol. The van der Waals surface area contributed by atoms with E-state index in [1.807, 2.05) is 12.1 Å². The number of fused-ring (bicyclic) bond motifs is 1. The number of amidine groups is 1. The van der Waals surface area contributed by atoms with E-state index in [1.54, 1.807) is 6.07 Å². The zero-order valence-electron chi connectivity index (χ0n) is 11.8. The molecule has 5 nitrogen and oxygen atoms in total. The van der Waals surface area contributed by atoms with Crippen molar-refractivity contribution in [3.63, 3.8) is 0 Å². The molecule has 2 aliphatic rings. The van der Waals surface area contributed by atoms with Gasteiger partial charge in [0.2, 0.25) is 0 Å². The van der Waals surface area contributed by atoms with Crippen molar-refractivity contribution >= 4 is 23.1 Å². The number of halogens is 1. The number of rotatable bonds is 2. The van der Waals surface area contributed by atoms with Gasteiger partial charge in [-0.25, -0.2) is 0 Å². The molecule has 3 rings (SSSR count). The lowest BCUT2D eigenvalue weighted by Crippen LogP contribution is -2.53. The van der Waals surface area contributed by atoms with Gasteiger partial charge in [0.05, 0.1) is 18.8 Å². The second-order valence-electron chi connectivity index (χ2n) is 5.60. The Morgan fingerprint density at radius 3 is 3.00 bits per heavy atom. The number of nitrogens with zero attached hydrogens (tertiary/aromatic N) is 2. The summed E-state index contributed by atoms with van der Waals surface area (Å²) in [6.07, 6.45) is 4.94. The molecule has 2 atom stereocenters. The molecule has 1 saturated carbocycles. The van der Waals surface area contributed by atoms with E-state index in [0.717, 1.165) is 25.1 Å². The molecule has 2 fully saturated rings. The van der Waals surface area contributed by atoms with E-state index in [4.69, 9.17) is 27.3 Å². The molecule has 0 spiro atoms. The lowest BCUT2D eigenvalue weighted by Gasteiger charge is -2.45. The first-order valence-electron chi connectivity index (χ1n) is 7.36. The van der Waals surface area contributed by atoms with Crippen LogP contribution in [0.2, 0.25) is 5.02 Å². The summed E-state index contributed by atoms with van der Waals surface area (Å²) in [4.78, 5) is 2.33. The van der Waals surface area contributed by atoms with Crippen molar-refractivity contribution < 1.29 is 9.94 Å². The maximum atomic E-state index is 9.01. The first-order chi connectivity index (χ1) is 10.2. The molecule has 0 aromatic heterocycles. The molecule has 2 unspecified atom stereocenters. The van der Waals surface area contributed by atoms with Gasteiger partial charge in [-0.05, 0) is 31.0 Å². The summed E-state index contributed by atoms with van der Waals surface area (Å²) in [5.74, 6) is 0.0892. The zero-order valence-corrected chi connectivity index (χ0v) is 12.6. The van der Waals surface area contributed by atoms with Crippen LogP contribution in [0, 0.1) is 0 Å². The van der Waals surface area contributed by atoms with Gasteiger partial charge in [-0.15, -0.1) is 0 Å². The molecule has 0 amide bonds. The molecule has 1 aromatic carbocycles. The van der Waals surface area contributed by atoms with Crippen molar-refractivity contribution in [3.8, 4) is 0 Å². The highest BCUT2D eigenvalue weighted by molar-refractivity contribution is 6.31. The molecule has 1 saturated heterocycles. The van der Waals surface area contributed by atoms with Crippen LogP contribution in [-0.4, -0.2) is 36.3 Å². The van der Waals surface area contributed by atoms with Crippen LogP contribution in [0.15, 0.2) is 23.4 Å². The summed E-state index contributed by atoms with van der Waals surface area (Å²) < 4.78 is 5.91. The third-order valence-corrected chi connectivity index (χ3v) is 4.62. The Bertz CT molecular complexity index is 548. The van der Waals surface area contributed by atoms with Crippen molar-refractivity contribution in [2.45, 2.75) is 37.8 Å². The minimum atomic E-state index is 0.0892. The standard InChI is InChI=1S/C15H20ClN3O2/c16-10-5-6-12(11(9-10)15(17)18-20)19-7-8-21-14-4-2-1-3-13(14)19/h5-6,9,13-14,20H,1-4,7-8H2,(H2,17,18). The van der Waals surface area contributed by atoms with E-state index in [-0.39, 0.29) is 11.9 Å². The van der Waals surface area contributed by atoms with Gasteiger partial charge in [0.15, 0.2) is 5.84 Å². The molecular formula is C15H20ClN3O2. The van der Waals surface area contributed by atoms with Gasteiger partial charge in [-0.3, -0.25) is 0 Å². The lowest BCUT2D eigenvalue weighted by atomic mass is 9.89. The van der Waals surface area contributed by atoms with Crippen molar-refractivity contribution in [3.05, 3.63) is 28.8 Å². The first kappa shape index (κ1) is 14.5. The quantitative estimate of drug-likeness (QED) is 0.381. The SMILES string of the molecule is NC(=NO)c1cc(Cl)ccc1N1CCOC2CCCCC21. The summed E-state index contributed by atoms with van der Waals surface area (Å²) in [6.45, 7) is 1.52. The Kier molecular flexibility index (Phi) is 4.22. The third-order valence-electron chi connectivity index (χ3n) is 4.38. The number of anilines is 1. The second-order valence-corrected chi connectivity index (χ2v) is 6.04. The molecule has 1 aromatic rings. The summed E-state index contributed by atoms with van der Waals surface area (Å²) in [6, 6.07) is 5.91. The second kappa shape index (κ2) is 6.12. The molecule has 6 heteroatoms. The van der Waals surface area contributed by atoms with Gasteiger partial charge < -0.3 is 20.6 Å². The fraction of sp³-hybridized carbons (Fsp3) is 0.533. The van der Waals surface area contributed by atoms with E-state index in [9.17, 15) is 0 Å². The third kappa shape index (κ3) is 2.80. The van der Waals surface area contributed by atoms with E-state index in [0.29, 0.717) is 23.2 Å². The van der Waals surface area contributed by atoms with Crippen LogP contribution in [0.1, 0.15) is 31.2 Å². The molecule has 21 heavy (non-hydrogen) atoms. The van der Waals surface area contributed by atoms with Gasteiger partial charge in [-0.1, -0.05) is 29.6 Å². The smallest absolute Gasteiger partial charge is 0.172 e. The van der Waals surface area contributed by atoms with E-state index in [1.165, 1.54) is 12.8 Å². The number of ether oxygens (including phenoxy) is 1. The average Bonchev–Trinajstić information content (AvgIpc) is 2.53. The Morgan fingerprint density at radius 2 is 2.19 bits per heavy atom. The number of benzene rings is 1. The van der Waals surface area contributed by atoms with Crippen molar-refractivity contribution in [2.24, 2.45) is 10.9 Å². The minimum Gasteiger partial charge on any atom is -0.409 e. The van der Waals surface area contributed by atoms with Gasteiger partial charge in [0.25, 0.3) is 0 Å². The van der Waals surface area contributed by atoms with Crippen LogP contribution in [0.4, 0.5) is 5.69 Å². The minimum absolute atomic E-state index is 0.0892. The van der Waals surface area contributed by atoms with Gasteiger partial charge in [-0.2, -0.15) is 0 Å². The largest absolute Gasteiger partial charge is 0.409 e. The van der Waals surface area contributed by atoms with Crippen LogP contribution in [0.25, 0.3) is 0 Å². The zero-order chi connectivity index (χ0) is 14.8. The molecule has 3 N–H and O–H groups in total. The Labute approximate surface area is 129 Å². The summed E-state index contributed by atoms with van der Waals surface area (Å²) >= 11 is 6.06. The molecule has 1 aliphatic heterocycles. The Morgan fingerprint density at radius 1 is 1.38 bits per heavy atom. The highest BCUT2D eigenvalue weighted by Gasteiger charge is 2.35. The number of hydrogen-bond donors (Lipinski definition) is 2. The number of morpholine rings is 1. The normalized spacial score (nSPS) is 26.5. The van der Waals surface area contributed by atoms with Gasteiger partial charge in [0, 0.05) is 22.8 Å². The fourth-order valence-corrected chi connectivity index (χ4v) is 3.59. The molecule has 0 bridgehead atoms. The maximum Gasteiger partial charge on any atom is 0.172 e. The monoisotopic (exact) mass is 309 g/mol. The number of nitrogens with two attached hydrogens (primary N) is 1. The van der Waals surface area contributed by atoms with Crippen LogP contribution in [0.5, 0.6) is 0 Å². The average molecular weight is 310 g/mol. The predicted molar refractivity (Wildman–Crippen MR) is 83.3 cm³/mol. The van der Waals surface area contributed by atoms with Gasteiger partial charge in [0.1, 0.15) is 0 Å². The van der Waals surface area contributed by atoms with Crippen molar-refractivity contribution in [1.82, 2.24) is 0 Å². The lowest BCUT2D eigenvalue weighted by molar-refractivity contribution is -0.00868. The summed E-state index contributed by atoms with van der Waals surface area (Å²) in [7, 11) is 0. The Hall–Kier alpha value is -1.46. The summed E-state index contributed by atoms with van der Waals surface area (Å²) in [5, 5.41) is 12.7.